The van der Waals surface area contributed by atoms with Crippen LogP contribution in [0.4, 0.5) is 15.3 Å². The Kier molecular flexibility index (Phi) is 7.48. The molecule has 0 aromatic heterocycles. The van der Waals surface area contributed by atoms with E-state index in [1.165, 1.54) is 0 Å². The smallest absolute Gasteiger partial charge is 0.321 e. The maximum Gasteiger partial charge on any atom is 0.321 e. The molecule has 0 radical (unpaired) electrons. The van der Waals surface area contributed by atoms with Gasteiger partial charge in [0.15, 0.2) is 0 Å². The minimum atomic E-state index is -0.510. The number of rotatable bonds is 3. The molecule has 1 fully saturated rings. The third kappa shape index (κ3) is 6.90. The number of aryl methyl sites for hydroxylation is 1. The van der Waals surface area contributed by atoms with Crippen molar-refractivity contribution in [2.75, 3.05) is 31.5 Å². The second-order valence-electron chi connectivity index (χ2n) is 8.29. The largest absolute Gasteiger partial charge is 0.333 e. The first kappa shape index (κ1) is 23.0. The highest BCUT2D eigenvalue weighted by molar-refractivity contribution is 6.31. The fourth-order valence-electron chi connectivity index (χ4n) is 2.94. The van der Waals surface area contributed by atoms with Crippen molar-refractivity contribution >= 4 is 35.3 Å². The van der Waals surface area contributed by atoms with Crippen molar-refractivity contribution < 1.29 is 14.4 Å². The molecule has 1 aliphatic heterocycles. The number of piperazine rings is 1. The SMILES string of the molecule is Cc1ccc(NC(=O)N2CCN([C@@H](C)C(=O)NC(=O)NC(C)(C)C)CC2)cc1Cl. The fourth-order valence-corrected chi connectivity index (χ4v) is 3.12. The third-order valence-electron chi connectivity index (χ3n) is 4.68. The number of nitrogens with zero attached hydrogens (tertiary/aromatic N) is 2. The molecule has 0 unspecified atom stereocenters. The number of amides is 5. The predicted molar refractivity (Wildman–Crippen MR) is 114 cm³/mol. The van der Waals surface area contributed by atoms with Crippen LogP contribution in [0.5, 0.6) is 0 Å². The number of benzene rings is 1. The van der Waals surface area contributed by atoms with E-state index in [1.807, 2.05) is 44.7 Å². The van der Waals surface area contributed by atoms with E-state index in [9.17, 15) is 14.4 Å². The first-order valence-corrected chi connectivity index (χ1v) is 10.0. The Morgan fingerprint density at radius 1 is 1.10 bits per heavy atom. The van der Waals surface area contributed by atoms with Crippen LogP contribution in [0.3, 0.4) is 0 Å². The molecule has 1 heterocycles. The number of nitrogens with one attached hydrogen (secondary N) is 3. The summed E-state index contributed by atoms with van der Waals surface area (Å²) in [5, 5.41) is 8.52. The number of urea groups is 2. The van der Waals surface area contributed by atoms with Crippen molar-refractivity contribution in [3.63, 3.8) is 0 Å². The van der Waals surface area contributed by atoms with E-state index < -0.39 is 17.6 Å². The summed E-state index contributed by atoms with van der Waals surface area (Å²) in [6.07, 6.45) is 0. The van der Waals surface area contributed by atoms with Crippen molar-refractivity contribution in [3.8, 4) is 0 Å². The van der Waals surface area contributed by atoms with Gasteiger partial charge >= 0.3 is 12.1 Å². The van der Waals surface area contributed by atoms with Gasteiger partial charge in [0, 0.05) is 42.4 Å². The molecule has 9 heteroatoms. The minimum absolute atomic E-state index is 0.203. The molecule has 0 aliphatic carbocycles. The topological polar surface area (TPSA) is 93.8 Å². The van der Waals surface area contributed by atoms with Gasteiger partial charge in [0.25, 0.3) is 0 Å². The third-order valence-corrected chi connectivity index (χ3v) is 5.08. The summed E-state index contributed by atoms with van der Waals surface area (Å²) in [6, 6.07) is 4.20. The molecule has 0 saturated carbocycles. The molecule has 2 rings (SSSR count). The average Bonchev–Trinajstić information content (AvgIpc) is 2.62. The number of halogens is 1. The molecule has 5 amide bonds. The molecule has 1 aromatic rings. The average molecular weight is 424 g/mol. The lowest BCUT2D eigenvalue weighted by atomic mass is 10.1. The van der Waals surface area contributed by atoms with E-state index in [1.54, 1.807) is 17.9 Å². The van der Waals surface area contributed by atoms with Crippen LogP contribution in [-0.4, -0.2) is 65.5 Å². The molecule has 1 aromatic carbocycles. The van der Waals surface area contributed by atoms with E-state index in [-0.39, 0.29) is 11.9 Å². The number of carbonyl (C=O) groups excluding carboxylic acids is 3. The fraction of sp³-hybridized carbons (Fsp3) is 0.550. The van der Waals surface area contributed by atoms with Gasteiger partial charge in [-0.25, -0.2) is 9.59 Å². The number of carbonyl (C=O) groups is 3. The number of hydrogen-bond acceptors (Lipinski definition) is 4. The van der Waals surface area contributed by atoms with Gasteiger partial charge in [-0.3, -0.25) is 15.0 Å². The molecule has 3 N–H and O–H groups in total. The van der Waals surface area contributed by atoms with E-state index in [2.05, 4.69) is 16.0 Å². The molecular formula is C20H30ClN5O3. The van der Waals surface area contributed by atoms with Crippen molar-refractivity contribution in [1.82, 2.24) is 20.4 Å². The molecule has 1 atom stereocenters. The van der Waals surface area contributed by atoms with Crippen LogP contribution in [0, 0.1) is 6.92 Å². The highest BCUT2D eigenvalue weighted by Gasteiger charge is 2.28. The second kappa shape index (κ2) is 9.45. The van der Waals surface area contributed by atoms with Crippen molar-refractivity contribution in [2.24, 2.45) is 0 Å². The quantitative estimate of drug-likeness (QED) is 0.696. The molecule has 0 spiro atoms. The normalized spacial score (nSPS) is 16.1. The molecule has 1 aliphatic rings. The molecular weight excluding hydrogens is 394 g/mol. The molecule has 0 bridgehead atoms. The van der Waals surface area contributed by atoms with Crippen LogP contribution in [0.1, 0.15) is 33.3 Å². The summed E-state index contributed by atoms with van der Waals surface area (Å²) in [5.41, 5.74) is 1.17. The highest BCUT2D eigenvalue weighted by Crippen LogP contribution is 2.20. The molecule has 29 heavy (non-hydrogen) atoms. The molecule has 1 saturated heterocycles. The van der Waals surface area contributed by atoms with Gasteiger partial charge in [-0.1, -0.05) is 17.7 Å². The van der Waals surface area contributed by atoms with E-state index >= 15 is 0 Å². The van der Waals surface area contributed by atoms with Crippen molar-refractivity contribution in [1.29, 1.82) is 0 Å². The van der Waals surface area contributed by atoms with Gasteiger partial charge in [0.1, 0.15) is 0 Å². The zero-order valence-corrected chi connectivity index (χ0v) is 18.4. The Morgan fingerprint density at radius 2 is 1.72 bits per heavy atom. The van der Waals surface area contributed by atoms with Crippen LogP contribution in [0.2, 0.25) is 5.02 Å². The summed E-state index contributed by atoms with van der Waals surface area (Å²) >= 11 is 6.10. The first-order valence-electron chi connectivity index (χ1n) is 9.65. The van der Waals surface area contributed by atoms with Crippen LogP contribution in [0.25, 0.3) is 0 Å². The van der Waals surface area contributed by atoms with Gasteiger partial charge in [-0.2, -0.15) is 0 Å². The van der Waals surface area contributed by atoms with Crippen LogP contribution in [-0.2, 0) is 4.79 Å². The number of anilines is 1. The highest BCUT2D eigenvalue weighted by atomic mass is 35.5. The standard InChI is InChI=1S/C20H30ClN5O3/c1-13-6-7-15(12-16(13)21)22-19(29)26-10-8-25(9-11-26)14(2)17(27)23-18(28)24-20(3,4)5/h6-7,12,14H,8-11H2,1-5H3,(H,22,29)(H2,23,24,27,28)/t14-/m0/s1. The monoisotopic (exact) mass is 423 g/mol. The maximum absolute atomic E-state index is 12.5. The summed E-state index contributed by atoms with van der Waals surface area (Å²) in [7, 11) is 0. The lowest BCUT2D eigenvalue weighted by molar-refractivity contribution is -0.125. The Bertz CT molecular complexity index is 770. The zero-order valence-electron chi connectivity index (χ0n) is 17.6. The first-order chi connectivity index (χ1) is 13.5. The van der Waals surface area contributed by atoms with Crippen LogP contribution in [0.15, 0.2) is 18.2 Å². The number of hydrogen-bond donors (Lipinski definition) is 3. The van der Waals surface area contributed by atoms with E-state index in [0.29, 0.717) is 36.9 Å². The minimum Gasteiger partial charge on any atom is -0.333 e. The predicted octanol–water partition coefficient (Wildman–Crippen LogP) is 2.81. The molecule has 160 valence electrons. The van der Waals surface area contributed by atoms with Gasteiger partial charge in [-0.05, 0) is 52.3 Å². The van der Waals surface area contributed by atoms with Crippen molar-refractivity contribution in [3.05, 3.63) is 28.8 Å². The van der Waals surface area contributed by atoms with Gasteiger partial charge < -0.3 is 15.5 Å². The maximum atomic E-state index is 12.5. The lowest BCUT2D eigenvalue weighted by Gasteiger charge is -2.37. The Hall–Kier alpha value is -2.32. The lowest BCUT2D eigenvalue weighted by Crippen LogP contribution is -2.57. The Balaban J connectivity index is 1.82. The summed E-state index contributed by atoms with van der Waals surface area (Å²) in [6.45, 7) is 11.2. The summed E-state index contributed by atoms with van der Waals surface area (Å²) < 4.78 is 0. The van der Waals surface area contributed by atoms with Crippen molar-refractivity contribution in [2.45, 2.75) is 46.2 Å². The Labute approximate surface area is 176 Å². The van der Waals surface area contributed by atoms with Crippen LogP contribution < -0.4 is 16.0 Å². The second-order valence-corrected chi connectivity index (χ2v) is 8.69. The van der Waals surface area contributed by atoms with Gasteiger partial charge in [0.05, 0.1) is 6.04 Å². The Morgan fingerprint density at radius 3 is 2.28 bits per heavy atom. The van der Waals surface area contributed by atoms with Crippen LogP contribution >= 0.6 is 11.6 Å². The number of imide groups is 1. The zero-order chi connectivity index (χ0) is 21.8. The summed E-state index contributed by atoms with van der Waals surface area (Å²) in [4.78, 5) is 40.3. The van der Waals surface area contributed by atoms with Gasteiger partial charge in [-0.15, -0.1) is 0 Å². The van der Waals surface area contributed by atoms with E-state index in [0.717, 1.165) is 5.56 Å². The molecule has 8 nitrogen and oxygen atoms in total. The van der Waals surface area contributed by atoms with E-state index in [4.69, 9.17) is 11.6 Å². The van der Waals surface area contributed by atoms with Gasteiger partial charge in [0.2, 0.25) is 5.91 Å². The summed E-state index contributed by atoms with van der Waals surface area (Å²) in [5.74, 6) is -0.362.